The van der Waals surface area contributed by atoms with Crippen molar-refractivity contribution >= 4 is 17.9 Å². The van der Waals surface area contributed by atoms with Crippen molar-refractivity contribution in [3.8, 4) is 0 Å². The molecule has 0 aliphatic rings. The first kappa shape index (κ1) is 63.2. The van der Waals surface area contributed by atoms with Crippen molar-refractivity contribution in [2.75, 3.05) is 13.2 Å². The van der Waals surface area contributed by atoms with E-state index in [0.717, 1.165) is 77.0 Å². The first-order valence-electron chi connectivity index (χ1n) is 26.1. The molecule has 0 bridgehead atoms. The van der Waals surface area contributed by atoms with Crippen molar-refractivity contribution < 1.29 is 28.6 Å². The Bertz CT molecular complexity index is 1750. The summed E-state index contributed by atoms with van der Waals surface area (Å²) in [6, 6.07) is 0. The third-order valence-electron chi connectivity index (χ3n) is 9.89. The maximum atomic E-state index is 12.8. The van der Waals surface area contributed by atoms with Crippen molar-refractivity contribution in [3.05, 3.63) is 194 Å². The van der Waals surface area contributed by atoms with E-state index in [2.05, 4.69) is 93.7 Å². The Hall–Kier alpha value is -5.75. The maximum absolute atomic E-state index is 12.8. The van der Waals surface area contributed by atoms with Gasteiger partial charge in [-0.05, 0) is 96.3 Å². The summed E-state index contributed by atoms with van der Waals surface area (Å²) >= 11 is 0. The van der Waals surface area contributed by atoms with E-state index in [1.807, 2.05) is 122 Å². The summed E-state index contributed by atoms with van der Waals surface area (Å²) in [5.41, 5.74) is 0. The van der Waals surface area contributed by atoms with Gasteiger partial charge in [-0.3, -0.25) is 14.4 Å². The van der Waals surface area contributed by atoms with Crippen LogP contribution in [0.5, 0.6) is 0 Å². The molecule has 0 aromatic rings. The van der Waals surface area contributed by atoms with Crippen LogP contribution in [-0.2, 0) is 28.6 Å². The van der Waals surface area contributed by atoms with Gasteiger partial charge in [-0.15, -0.1) is 0 Å². The highest BCUT2D eigenvalue weighted by Crippen LogP contribution is 2.10. The average molecular weight is 943 g/mol. The summed E-state index contributed by atoms with van der Waals surface area (Å²) in [6.07, 6.45) is 84.1. The molecular formula is C63H90O6. The Labute approximate surface area is 420 Å². The third-order valence-corrected chi connectivity index (χ3v) is 9.89. The largest absolute Gasteiger partial charge is 0.462 e. The lowest BCUT2D eigenvalue weighted by Gasteiger charge is -2.18. The fourth-order valence-corrected chi connectivity index (χ4v) is 6.02. The van der Waals surface area contributed by atoms with Gasteiger partial charge in [0.25, 0.3) is 0 Å². The minimum absolute atomic E-state index is 0.149. The van der Waals surface area contributed by atoms with Crippen LogP contribution in [0.2, 0.25) is 0 Å². The zero-order chi connectivity index (χ0) is 50.0. The average Bonchev–Trinajstić information content (AvgIpc) is 3.35. The van der Waals surface area contributed by atoms with Gasteiger partial charge in [0.05, 0.1) is 0 Å². The molecule has 6 heteroatoms. The Kier molecular flexibility index (Phi) is 50.3. The molecule has 0 N–H and O–H groups in total. The lowest BCUT2D eigenvalue weighted by molar-refractivity contribution is -0.167. The predicted octanol–water partition coefficient (Wildman–Crippen LogP) is 17.5. The van der Waals surface area contributed by atoms with Gasteiger partial charge >= 0.3 is 17.9 Å². The molecule has 0 aromatic carbocycles. The molecule has 0 rings (SSSR count). The second kappa shape index (κ2) is 54.9. The molecule has 69 heavy (non-hydrogen) atoms. The van der Waals surface area contributed by atoms with Crippen LogP contribution in [0.4, 0.5) is 0 Å². The lowest BCUT2D eigenvalue weighted by Crippen LogP contribution is -2.30. The highest BCUT2D eigenvalue weighted by atomic mass is 16.6. The van der Waals surface area contributed by atoms with Gasteiger partial charge < -0.3 is 14.2 Å². The van der Waals surface area contributed by atoms with E-state index in [1.54, 1.807) is 0 Å². The molecule has 0 amide bonds. The quantitative estimate of drug-likeness (QED) is 0.0199. The van der Waals surface area contributed by atoms with Crippen molar-refractivity contribution in [1.82, 2.24) is 0 Å². The number of carbonyl (C=O) groups is 3. The fourth-order valence-electron chi connectivity index (χ4n) is 6.02. The number of rotatable bonds is 43. The Morgan fingerprint density at radius 3 is 1.04 bits per heavy atom. The van der Waals surface area contributed by atoms with E-state index >= 15 is 0 Å². The predicted molar refractivity (Wildman–Crippen MR) is 297 cm³/mol. The molecule has 0 aliphatic carbocycles. The molecule has 1 atom stereocenters. The summed E-state index contributed by atoms with van der Waals surface area (Å²) in [5.74, 6) is -1.11. The highest BCUT2D eigenvalue weighted by Gasteiger charge is 2.19. The molecule has 0 fully saturated rings. The van der Waals surface area contributed by atoms with Gasteiger partial charge in [-0.25, -0.2) is 0 Å². The van der Waals surface area contributed by atoms with Crippen molar-refractivity contribution in [2.24, 2.45) is 0 Å². The Morgan fingerprint density at radius 1 is 0.319 bits per heavy atom. The summed E-state index contributed by atoms with van der Waals surface area (Å²) in [5, 5.41) is 0. The normalized spacial score (nSPS) is 13.7. The van der Waals surface area contributed by atoms with Crippen LogP contribution < -0.4 is 0 Å². The van der Waals surface area contributed by atoms with Crippen molar-refractivity contribution in [3.63, 3.8) is 0 Å². The van der Waals surface area contributed by atoms with E-state index < -0.39 is 6.10 Å². The zero-order valence-corrected chi connectivity index (χ0v) is 43.0. The second-order valence-electron chi connectivity index (χ2n) is 16.3. The lowest BCUT2D eigenvalue weighted by atomic mass is 10.1. The highest BCUT2D eigenvalue weighted by molar-refractivity contribution is 5.71. The van der Waals surface area contributed by atoms with Crippen LogP contribution in [0.1, 0.15) is 162 Å². The van der Waals surface area contributed by atoms with E-state index in [-0.39, 0.29) is 50.4 Å². The molecule has 0 heterocycles. The standard InChI is InChI=1S/C63H90O6/c1-4-7-10-13-16-19-22-25-28-31-34-37-40-43-46-49-52-55-61(64)67-58-60(69-63(66)57-54-51-48-45-42-39-36-33-30-27-24-21-18-15-12-9-6-3)59-68-62(65)56-53-50-47-44-41-38-35-32-29-26-23-20-17-14-11-8-5-2/h7,9-10,12-13,15-22,24-31,33-40,42,44,47,60H,4-6,8,11,14,23,32,41,43,45-46,48-59H2,1-3H3/b10-7-,12-9-,16-13-,18-15-,20-17-,22-19-,24-21-,28-25-,29-26-,30-27-,34-31+,36-33+,38-35-,40-37-,42-39-,47-44-. The van der Waals surface area contributed by atoms with Gasteiger partial charge in [0.2, 0.25) is 0 Å². The molecule has 0 aliphatic heterocycles. The third kappa shape index (κ3) is 53.1. The van der Waals surface area contributed by atoms with Crippen molar-refractivity contribution in [1.29, 1.82) is 0 Å². The zero-order valence-electron chi connectivity index (χ0n) is 43.0. The molecular weight excluding hydrogens is 853 g/mol. The van der Waals surface area contributed by atoms with E-state index in [0.29, 0.717) is 19.3 Å². The van der Waals surface area contributed by atoms with E-state index in [9.17, 15) is 14.4 Å². The molecule has 0 aromatic heterocycles. The minimum atomic E-state index is -0.855. The molecule has 0 radical (unpaired) electrons. The van der Waals surface area contributed by atoms with E-state index in [1.165, 1.54) is 25.7 Å². The number of unbranched alkanes of at least 4 members (excludes halogenated alkanes) is 10. The van der Waals surface area contributed by atoms with Gasteiger partial charge in [-0.2, -0.15) is 0 Å². The van der Waals surface area contributed by atoms with Crippen LogP contribution in [-0.4, -0.2) is 37.2 Å². The van der Waals surface area contributed by atoms with Crippen molar-refractivity contribution in [2.45, 2.75) is 168 Å². The minimum Gasteiger partial charge on any atom is -0.462 e. The Balaban J connectivity index is 4.72. The molecule has 378 valence electrons. The first-order chi connectivity index (χ1) is 34.0. The Morgan fingerprint density at radius 2 is 0.638 bits per heavy atom. The summed E-state index contributed by atoms with van der Waals surface area (Å²) in [6.45, 7) is 6.15. The van der Waals surface area contributed by atoms with Crippen LogP contribution in [0.25, 0.3) is 0 Å². The van der Waals surface area contributed by atoms with E-state index in [4.69, 9.17) is 14.2 Å². The fraction of sp³-hybridized carbons (Fsp3) is 0.444. The number of esters is 3. The number of ether oxygens (including phenoxy) is 3. The van der Waals surface area contributed by atoms with Gasteiger partial charge in [-0.1, -0.05) is 241 Å². The van der Waals surface area contributed by atoms with Crippen LogP contribution >= 0.6 is 0 Å². The SMILES string of the molecule is CC\C=C/C=C\C=C/C=C\C=C\C=C/CCCCCC(=O)OCC(COC(=O)CCC/C=C\C/C=C\C/C=C\C/C=C\CCCCC)OC(=O)CCCCC\C=C/C=C/C=C\C=C/C=C\C=C/CC. The molecule has 6 nitrogen and oxygen atoms in total. The number of carbonyl (C=O) groups excluding carboxylic acids is 3. The monoisotopic (exact) mass is 943 g/mol. The van der Waals surface area contributed by atoms with Gasteiger partial charge in [0, 0.05) is 19.3 Å². The summed E-state index contributed by atoms with van der Waals surface area (Å²) in [4.78, 5) is 38.0. The van der Waals surface area contributed by atoms with Crippen LogP contribution in [0, 0.1) is 0 Å². The molecule has 0 spiro atoms. The summed E-state index contributed by atoms with van der Waals surface area (Å²) < 4.78 is 16.7. The molecule has 0 saturated carbocycles. The van der Waals surface area contributed by atoms with Crippen LogP contribution in [0.3, 0.4) is 0 Å². The van der Waals surface area contributed by atoms with Gasteiger partial charge in [0.1, 0.15) is 13.2 Å². The smallest absolute Gasteiger partial charge is 0.306 e. The first-order valence-corrected chi connectivity index (χ1v) is 26.1. The number of allylic oxidation sites excluding steroid dienone is 32. The number of hydrogen-bond acceptors (Lipinski definition) is 6. The molecule has 0 saturated heterocycles. The summed E-state index contributed by atoms with van der Waals surface area (Å²) in [7, 11) is 0. The number of hydrogen-bond donors (Lipinski definition) is 0. The second-order valence-corrected chi connectivity index (χ2v) is 16.3. The van der Waals surface area contributed by atoms with Gasteiger partial charge in [0.15, 0.2) is 6.10 Å². The maximum Gasteiger partial charge on any atom is 0.306 e. The topological polar surface area (TPSA) is 78.9 Å². The van der Waals surface area contributed by atoms with Crippen LogP contribution in [0.15, 0.2) is 194 Å². The molecule has 1 unspecified atom stereocenters.